The molecule has 3 aliphatic rings. The number of aliphatic hydroxyl groups excluding tert-OH is 4. The van der Waals surface area contributed by atoms with Crippen LogP contribution in [0.2, 0.25) is 0 Å². The van der Waals surface area contributed by atoms with Crippen molar-refractivity contribution in [3.8, 4) is 34.5 Å². The zero-order valence-electron chi connectivity index (χ0n) is 34.3. The van der Waals surface area contributed by atoms with Gasteiger partial charge in [0.25, 0.3) is 0 Å². The van der Waals surface area contributed by atoms with E-state index < -0.39 is 112 Å². The summed E-state index contributed by atoms with van der Waals surface area (Å²) >= 11 is 0. The highest BCUT2D eigenvalue weighted by Gasteiger charge is 2.55. The molecule has 0 aliphatic carbocycles. The van der Waals surface area contributed by atoms with Crippen molar-refractivity contribution < 1.29 is 107 Å². The Morgan fingerprint density at radius 2 is 1.13 bits per heavy atom. The Kier molecular flexibility index (Phi) is 15.9. The summed E-state index contributed by atoms with van der Waals surface area (Å²) in [5.74, 6) is -2.75. The van der Waals surface area contributed by atoms with E-state index in [9.17, 15) is 50.4 Å². The minimum absolute atomic E-state index is 0.0746. The van der Waals surface area contributed by atoms with Crippen molar-refractivity contribution in [1.82, 2.24) is 0 Å². The second-order valence-electron chi connectivity index (χ2n) is 15.1. The summed E-state index contributed by atoms with van der Waals surface area (Å²) in [4.78, 5) is 25.7. The molecule has 0 bridgehead atoms. The Balaban J connectivity index is 1.18. The van der Waals surface area contributed by atoms with Gasteiger partial charge in [0.2, 0.25) is 11.5 Å². The van der Waals surface area contributed by atoms with Gasteiger partial charge in [-0.15, -0.1) is 0 Å². The van der Waals surface area contributed by atoms with Crippen LogP contribution in [-0.4, -0.2) is 188 Å². The minimum Gasteiger partial charge on any atom is -0.502 e. The lowest BCUT2D eigenvalue weighted by Crippen LogP contribution is -2.62. The maximum absolute atomic E-state index is 12.9. The Hall–Kier alpha value is -4.30. The number of esters is 2. The maximum Gasteiger partial charge on any atom is 0.338 e. The number of carbonyl (C=O) groups is 2. The predicted octanol–water partition coefficient (Wildman–Crippen LogP) is -1.05. The van der Waals surface area contributed by atoms with Gasteiger partial charge in [-0.25, -0.2) is 9.59 Å². The van der Waals surface area contributed by atoms with Gasteiger partial charge in [0.05, 0.1) is 66.0 Å². The fraction of sp³-hybridized carbons (Fsp3) is 0.641. The monoisotopic (exact) mass is 874 g/mol. The largest absolute Gasteiger partial charge is 0.502 e. The van der Waals surface area contributed by atoms with Crippen LogP contribution in [-0.2, 0) is 37.9 Å². The van der Waals surface area contributed by atoms with E-state index in [4.69, 9.17) is 56.8 Å². The zero-order valence-corrected chi connectivity index (χ0v) is 34.3. The summed E-state index contributed by atoms with van der Waals surface area (Å²) < 4.78 is 65.0. The standard InChI is InChI=1S/C39H54O22/c1-18(2)7-8-54-35-30(61-37-32(45)39(49,17-59-37)15-57-34(47)20-11-23(52-5)27(41)24(12-20)53-6)29(43)28(42)25(60-35)13-55-36-31(44)38(48,16-58-36)14-56-33(46)19-9-21(50-3)26(40)22(10-19)51-4/h9-12,18,25,28-32,35-37,40-45,48-49H,7-8,13-17H2,1-6H3/t25-,28-,29+,30-,31+,32+,35-,36-,37+,38-,39-/m1/s1. The number of rotatable bonds is 19. The number of benzene rings is 2. The third kappa shape index (κ3) is 10.7. The molecular formula is C39H54O22. The van der Waals surface area contributed by atoms with E-state index >= 15 is 0 Å². The van der Waals surface area contributed by atoms with E-state index in [1.165, 1.54) is 52.7 Å². The molecule has 22 nitrogen and oxygen atoms in total. The van der Waals surface area contributed by atoms with Crippen LogP contribution in [0.1, 0.15) is 41.0 Å². The van der Waals surface area contributed by atoms with E-state index in [0.717, 1.165) is 0 Å². The first-order chi connectivity index (χ1) is 28.9. The van der Waals surface area contributed by atoms with E-state index in [-0.39, 0.29) is 58.1 Å². The first kappa shape index (κ1) is 47.7. The molecule has 3 fully saturated rings. The van der Waals surface area contributed by atoms with Crippen LogP contribution in [0.5, 0.6) is 34.5 Å². The Morgan fingerprint density at radius 1 is 0.689 bits per heavy atom. The van der Waals surface area contributed by atoms with E-state index in [1.807, 2.05) is 13.8 Å². The van der Waals surface area contributed by atoms with Gasteiger partial charge in [-0.05, 0) is 36.6 Å². The molecule has 2 aromatic carbocycles. The lowest BCUT2D eigenvalue weighted by Gasteiger charge is -2.43. The molecule has 5 rings (SSSR count). The van der Waals surface area contributed by atoms with Gasteiger partial charge in [0, 0.05) is 0 Å². The molecule has 0 aromatic heterocycles. The molecule has 0 unspecified atom stereocenters. The van der Waals surface area contributed by atoms with Crippen molar-refractivity contribution in [2.75, 3.05) is 68.1 Å². The number of phenolic OH excluding ortho intramolecular Hbond substituents is 2. The second kappa shape index (κ2) is 20.3. The first-order valence-electron chi connectivity index (χ1n) is 19.1. The van der Waals surface area contributed by atoms with Gasteiger partial charge in [-0.1, -0.05) is 13.8 Å². The van der Waals surface area contributed by atoms with Crippen molar-refractivity contribution in [1.29, 1.82) is 0 Å². The van der Waals surface area contributed by atoms with Crippen molar-refractivity contribution in [2.24, 2.45) is 5.92 Å². The summed E-state index contributed by atoms with van der Waals surface area (Å²) in [5.41, 5.74) is -4.54. The molecule has 0 saturated carbocycles. The normalized spacial score (nSPS) is 31.2. The van der Waals surface area contributed by atoms with Gasteiger partial charge >= 0.3 is 11.9 Å². The lowest BCUT2D eigenvalue weighted by molar-refractivity contribution is -0.340. The number of carbonyl (C=O) groups excluding carboxylic acids is 2. The highest BCUT2D eigenvalue weighted by atomic mass is 16.8. The Labute approximate surface area is 349 Å². The number of aliphatic hydroxyl groups is 6. The van der Waals surface area contributed by atoms with Crippen molar-refractivity contribution in [3.63, 3.8) is 0 Å². The van der Waals surface area contributed by atoms with Crippen LogP contribution in [0.15, 0.2) is 24.3 Å². The Morgan fingerprint density at radius 3 is 1.57 bits per heavy atom. The number of methoxy groups -OCH3 is 4. The van der Waals surface area contributed by atoms with Gasteiger partial charge in [-0.3, -0.25) is 0 Å². The molecule has 11 atom stereocenters. The van der Waals surface area contributed by atoms with Crippen molar-refractivity contribution in [2.45, 2.75) is 87.0 Å². The molecule has 3 heterocycles. The molecule has 0 spiro atoms. The van der Waals surface area contributed by atoms with Crippen LogP contribution in [0.4, 0.5) is 0 Å². The quantitative estimate of drug-likeness (QED) is 0.0781. The smallest absolute Gasteiger partial charge is 0.338 e. The number of aromatic hydroxyl groups is 2. The summed E-state index contributed by atoms with van der Waals surface area (Å²) in [6, 6.07) is 4.75. The summed E-state index contributed by atoms with van der Waals surface area (Å²) in [6.07, 6.45) is -14.1. The highest BCUT2D eigenvalue weighted by Crippen LogP contribution is 2.39. The number of hydrogen-bond donors (Lipinski definition) is 8. The van der Waals surface area contributed by atoms with E-state index in [0.29, 0.717) is 6.42 Å². The molecular weight excluding hydrogens is 820 g/mol. The highest BCUT2D eigenvalue weighted by molar-refractivity contribution is 5.91. The number of phenols is 2. The van der Waals surface area contributed by atoms with Gasteiger partial charge in [0.15, 0.2) is 53.1 Å². The molecule has 61 heavy (non-hydrogen) atoms. The van der Waals surface area contributed by atoms with Gasteiger partial charge in [0.1, 0.15) is 49.8 Å². The zero-order chi connectivity index (χ0) is 44.8. The molecule has 342 valence electrons. The summed E-state index contributed by atoms with van der Waals surface area (Å²) in [7, 11) is 5.06. The van der Waals surface area contributed by atoms with Crippen LogP contribution in [0.3, 0.4) is 0 Å². The molecule has 2 aromatic rings. The molecule has 22 heteroatoms. The lowest BCUT2D eigenvalue weighted by atomic mass is 9.98. The SMILES string of the molecule is COc1cc(C(=O)OC[C@@]2(O)CO[C@@H](OC[C@H]3O[C@@H](OCCC(C)C)[C@H](O[C@@H]4OC[C@](O)(COC(=O)c5cc(OC)c(O)c(OC)c5)[C@H]4O)[C@@H](O)[C@@H]3O)[C@@H]2O)cc(OC)c1O. The fourth-order valence-electron chi connectivity index (χ4n) is 6.48. The molecule has 0 amide bonds. The van der Waals surface area contributed by atoms with Crippen LogP contribution < -0.4 is 18.9 Å². The minimum atomic E-state index is -2.20. The van der Waals surface area contributed by atoms with Crippen LogP contribution >= 0.6 is 0 Å². The molecule has 3 aliphatic heterocycles. The fourth-order valence-corrected chi connectivity index (χ4v) is 6.48. The third-order valence-corrected chi connectivity index (χ3v) is 10.3. The average molecular weight is 875 g/mol. The third-order valence-electron chi connectivity index (χ3n) is 10.3. The van der Waals surface area contributed by atoms with E-state index in [2.05, 4.69) is 0 Å². The Bertz CT molecular complexity index is 1760. The van der Waals surface area contributed by atoms with Crippen LogP contribution in [0.25, 0.3) is 0 Å². The van der Waals surface area contributed by atoms with Crippen LogP contribution in [0, 0.1) is 5.92 Å². The average Bonchev–Trinajstić information content (AvgIpc) is 3.69. The van der Waals surface area contributed by atoms with E-state index in [1.54, 1.807) is 0 Å². The van der Waals surface area contributed by atoms with Crippen molar-refractivity contribution >= 4 is 11.9 Å². The maximum atomic E-state index is 12.9. The molecule has 0 radical (unpaired) electrons. The van der Waals surface area contributed by atoms with Crippen molar-refractivity contribution in [3.05, 3.63) is 35.4 Å². The number of ether oxygens (including phenoxy) is 12. The van der Waals surface area contributed by atoms with Gasteiger partial charge < -0.3 is 97.7 Å². The second-order valence-corrected chi connectivity index (χ2v) is 15.1. The summed E-state index contributed by atoms with van der Waals surface area (Å²) in [6.45, 7) is 0.772. The van der Waals surface area contributed by atoms with Gasteiger partial charge in [-0.2, -0.15) is 0 Å². The predicted molar refractivity (Wildman–Crippen MR) is 201 cm³/mol. The molecule has 3 saturated heterocycles. The number of hydrogen-bond acceptors (Lipinski definition) is 22. The summed E-state index contributed by atoms with van der Waals surface area (Å²) in [5, 5.41) is 87.1. The molecule has 8 N–H and O–H groups in total. The topological polar surface area (TPSA) is 307 Å². The first-order valence-corrected chi connectivity index (χ1v) is 19.1.